The minimum Gasteiger partial charge on any atom is -0.310 e. The van der Waals surface area contributed by atoms with Crippen LogP contribution in [-0.4, -0.2) is 6.04 Å². The molecule has 0 radical (unpaired) electrons. The van der Waals surface area contributed by atoms with Gasteiger partial charge in [-0.1, -0.05) is 19.1 Å². The first-order chi connectivity index (χ1) is 7.64. The van der Waals surface area contributed by atoms with Crippen LogP contribution < -0.4 is 5.32 Å². The molecule has 0 aromatic heterocycles. The fourth-order valence-electron chi connectivity index (χ4n) is 1.84. The van der Waals surface area contributed by atoms with Crippen molar-refractivity contribution in [2.24, 2.45) is 5.41 Å². The molecule has 1 aromatic carbocycles. The number of nitrogens with zero attached hydrogens (tertiary/aromatic N) is 1. The van der Waals surface area contributed by atoms with Crippen LogP contribution in [0.5, 0.6) is 0 Å². The Labute approximate surface area is 97.3 Å². The minimum absolute atomic E-state index is 0.520. The molecule has 84 valence electrons. The van der Waals surface area contributed by atoms with E-state index in [-0.39, 0.29) is 0 Å². The molecule has 0 spiro atoms. The lowest BCUT2D eigenvalue weighted by Crippen LogP contribution is -2.32. The molecular formula is C14H18N2. The highest BCUT2D eigenvalue weighted by Crippen LogP contribution is 2.47. The van der Waals surface area contributed by atoms with E-state index in [0.717, 1.165) is 12.1 Å². The van der Waals surface area contributed by atoms with E-state index in [1.807, 2.05) is 24.3 Å². The summed E-state index contributed by atoms with van der Waals surface area (Å²) in [5.41, 5.74) is 2.49. The molecule has 16 heavy (non-hydrogen) atoms. The summed E-state index contributed by atoms with van der Waals surface area (Å²) in [6.45, 7) is 5.49. The normalized spacial score (nSPS) is 18.8. The molecular weight excluding hydrogens is 196 g/mol. The zero-order valence-electron chi connectivity index (χ0n) is 9.96. The Morgan fingerprint density at radius 3 is 2.50 bits per heavy atom. The molecule has 2 nitrogen and oxygen atoms in total. The average molecular weight is 214 g/mol. The molecule has 0 saturated heterocycles. The fraction of sp³-hybridized carbons (Fsp3) is 0.500. The maximum absolute atomic E-state index is 8.70. The highest BCUT2D eigenvalue weighted by Gasteiger charge is 2.41. The molecule has 2 rings (SSSR count). The highest BCUT2D eigenvalue weighted by atomic mass is 14.9. The van der Waals surface area contributed by atoms with E-state index in [4.69, 9.17) is 5.26 Å². The highest BCUT2D eigenvalue weighted by molar-refractivity contribution is 5.31. The van der Waals surface area contributed by atoms with Gasteiger partial charge in [0.15, 0.2) is 0 Å². The lowest BCUT2D eigenvalue weighted by atomic mass is 10.0. The molecule has 0 aliphatic heterocycles. The quantitative estimate of drug-likeness (QED) is 0.836. The van der Waals surface area contributed by atoms with Gasteiger partial charge in [-0.15, -0.1) is 0 Å². The van der Waals surface area contributed by atoms with E-state index in [2.05, 4.69) is 25.2 Å². The molecule has 1 aromatic rings. The zero-order valence-corrected chi connectivity index (χ0v) is 9.96. The maximum Gasteiger partial charge on any atom is 0.0991 e. The van der Waals surface area contributed by atoms with Gasteiger partial charge in [0.05, 0.1) is 11.6 Å². The van der Waals surface area contributed by atoms with Crippen LogP contribution in [-0.2, 0) is 6.54 Å². The largest absolute Gasteiger partial charge is 0.310 e. The standard InChI is InChI=1S/C14H18N2/c1-11(14(2)7-8-14)16-10-13-5-3-12(9-15)4-6-13/h3-6,11,16H,7-8,10H2,1-2H3. The first kappa shape index (κ1) is 11.2. The van der Waals surface area contributed by atoms with Crippen molar-refractivity contribution < 1.29 is 0 Å². The summed E-state index contributed by atoms with van der Waals surface area (Å²) in [6, 6.07) is 10.5. The van der Waals surface area contributed by atoms with E-state index in [0.29, 0.717) is 11.5 Å². The molecule has 1 atom stereocenters. The number of hydrogen-bond acceptors (Lipinski definition) is 2. The second kappa shape index (κ2) is 4.27. The van der Waals surface area contributed by atoms with Crippen LogP contribution in [0.4, 0.5) is 0 Å². The van der Waals surface area contributed by atoms with Crippen molar-refractivity contribution in [2.75, 3.05) is 0 Å². The second-order valence-electron chi connectivity index (χ2n) is 5.07. The zero-order chi connectivity index (χ0) is 11.6. The third-order valence-electron chi connectivity index (χ3n) is 3.78. The van der Waals surface area contributed by atoms with Crippen LogP contribution in [0.1, 0.15) is 37.8 Å². The summed E-state index contributed by atoms with van der Waals surface area (Å²) in [5.74, 6) is 0. The van der Waals surface area contributed by atoms with Crippen LogP contribution in [0.2, 0.25) is 0 Å². The van der Waals surface area contributed by atoms with E-state index in [1.165, 1.54) is 18.4 Å². The average Bonchev–Trinajstić information content (AvgIpc) is 3.06. The van der Waals surface area contributed by atoms with Gasteiger partial charge in [0.2, 0.25) is 0 Å². The van der Waals surface area contributed by atoms with E-state index >= 15 is 0 Å². The van der Waals surface area contributed by atoms with E-state index in [9.17, 15) is 0 Å². The summed E-state index contributed by atoms with van der Waals surface area (Å²) in [4.78, 5) is 0. The van der Waals surface area contributed by atoms with Crippen LogP contribution in [0.25, 0.3) is 0 Å². The van der Waals surface area contributed by atoms with Crippen molar-refractivity contribution >= 4 is 0 Å². The van der Waals surface area contributed by atoms with Gasteiger partial charge in [0.25, 0.3) is 0 Å². The smallest absolute Gasteiger partial charge is 0.0991 e. The van der Waals surface area contributed by atoms with Gasteiger partial charge in [-0.2, -0.15) is 5.26 Å². The van der Waals surface area contributed by atoms with Crippen molar-refractivity contribution in [2.45, 2.75) is 39.3 Å². The summed E-state index contributed by atoms with van der Waals surface area (Å²) < 4.78 is 0. The number of benzene rings is 1. The molecule has 2 heteroatoms. The van der Waals surface area contributed by atoms with Crippen LogP contribution in [0.15, 0.2) is 24.3 Å². The number of rotatable bonds is 4. The molecule has 0 amide bonds. The van der Waals surface area contributed by atoms with Crippen molar-refractivity contribution in [1.29, 1.82) is 5.26 Å². The summed E-state index contributed by atoms with van der Waals surface area (Å²) in [6.07, 6.45) is 2.68. The van der Waals surface area contributed by atoms with Crippen LogP contribution >= 0.6 is 0 Å². The SMILES string of the molecule is CC(NCc1ccc(C#N)cc1)C1(C)CC1. The van der Waals surface area contributed by atoms with E-state index < -0.39 is 0 Å². The minimum atomic E-state index is 0.520. The second-order valence-corrected chi connectivity index (χ2v) is 5.07. The molecule has 0 heterocycles. The maximum atomic E-state index is 8.70. The van der Waals surface area contributed by atoms with Gasteiger partial charge in [-0.3, -0.25) is 0 Å². The van der Waals surface area contributed by atoms with Gasteiger partial charge in [-0.05, 0) is 42.9 Å². The van der Waals surface area contributed by atoms with Crippen LogP contribution in [0.3, 0.4) is 0 Å². The number of nitrogens with one attached hydrogen (secondary N) is 1. The Hall–Kier alpha value is -1.33. The Morgan fingerprint density at radius 2 is 2.00 bits per heavy atom. The van der Waals surface area contributed by atoms with Crippen molar-refractivity contribution in [3.8, 4) is 6.07 Å². The third-order valence-corrected chi connectivity index (χ3v) is 3.78. The van der Waals surface area contributed by atoms with E-state index in [1.54, 1.807) is 0 Å². The van der Waals surface area contributed by atoms with Gasteiger partial charge < -0.3 is 5.32 Å². The third kappa shape index (κ3) is 2.43. The lowest BCUT2D eigenvalue weighted by Gasteiger charge is -2.20. The molecule has 0 bridgehead atoms. The molecule has 1 fully saturated rings. The van der Waals surface area contributed by atoms with Gasteiger partial charge in [-0.25, -0.2) is 0 Å². The first-order valence-corrected chi connectivity index (χ1v) is 5.86. The molecule has 1 aliphatic rings. The van der Waals surface area contributed by atoms with Crippen molar-refractivity contribution in [1.82, 2.24) is 5.32 Å². The summed E-state index contributed by atoms with van der Waals surface area (Å²) >= 11 is 0. The van der Waals surface area contributed by atoms with Crippen molar-refractivity contribution in [3.63, 3.8) is 0 Å². The molecule has 1 unspecified atom stereocenters. The predicted octanol–water partition coefficient (Wildman–Crippen LogP) is 2.84. The van der Waals surface area contributed by atoms with Gasteiger partial charge in [0, 0.05) is 12.6 Å². The Morgan fingerprint density at radius 1 is 1.38 bits per heavy atom. The summed E-state index contributed by atoms with van der Waals surface area (Å²) in [7, 11) is 0. The van der Waals surface area contributed by atoms with Gasteiger partial charge >= 0.3 is 0 Å². The number of hydrogen-bond donors (Lipinski definition) is 1. The topological polar surface area (TPSA) is 35.8 Å². The molecule has 1 aliphatic carbocycles. The molecule has 1 saturated carbocycles. The Bertz CT molecular complexity index is 396. The van der Waals surface area contributed by atoms with Crippen LogP contribution in [0, 0.1) is 16.7 Å². The monoisotopic (exact) mass is 214 g/mol. The fourth-order valence-corrected chi connectivity index (χ4v) is 1.84. The summed E-state index contributed by atoms with van der Waals surface area (Å²) in [5, 5.41) is 12.3. The van der Waals surface area contributed by atoms with Gasteiger partial charge in [0.1, 0.15) is 0 Å². The Balaban J connectivity index is 1.87. The Kier molecular flexibility index (Phi) is 2.98. The molecule has 1 N–H and O–H groups in total. The first-order valence-electron chi connectivity index (χ1n) is 5.86. The van der Waals surface area contributed by atoms with Crippen molar-refractivity contribution in [3.05, 3.63) is 35.4 Å². The number of nitriles is 1. The predicted molar refractivity (Wildman–Crippen MR) is 64.8 cm³/mol. The lowest BCUT2D eigenvalue weighted by molar-refractivity contribution is 0.380.